The van der Waals surface area contributed by atoms with Gasteiger partial charge in [-0.15, -0.1) is 0 Å². The monoisotopic (exact) mass is 314 g/mol. The molecule has 2 aromatic rings. The summed E-state index contributed by atoms with van der Waals surface area (Å²) in [5, 5.41) is 3.41. The van der Waals surface area contributed by atoms with Gasteiger partial charge in [0.25, 0.3) is 0 Å². The van der Waals surface area contributed by atoms with Crippen molar-refractivity contribution in [2.24, 2.45) is 0 Å². The van der Waals surface area contributed by atoms with E-state index in [1.54, 1.807) is 12.4 Å². The van der Waals surface area contributed by atoms with E-state index < -0.39 is 0 Å². The van der Waals surface area contributed by atoms with Gasteiger partial charge >= 0.3 is 0 Å². The van der Waals surface area contributed by atoms with Crippen LogP contribution in [0.5, 0.6) is 0 Å². The number of benzene rings is 1. The van der Waals surface area contributed by atoms with Gasteiger partial charge in [-0.05, 0) is 43.6 Å². The van der Waals surface area contributed by atoms with Gasteiger partial charge in [-0.25, -0.2) is 9.37 Å². The molecule has 0 bridgehead atoms. The van der Waals surface area contributed by atoms with Gasteiger partial charge in [0.05, 0.1) is 5.69 Å². The Morgan fingerprint density at radius 3 is 2.57 bits per heavy atom. The molecule has 0 spiro atoms. The van der Waals surface area contributed by atoms with Gasteiger partial charge in [0.1, 0.15) is 11.6 Å². The van der Waals surface area contributed by atoms with Crippen molar-refractivity contribution in [1.82, 2.24) is 14.9 Å². The summed E-state index contributed by atoms with van der Waals surface area (Å²) in [5.41, 5.74) is 1.94. The van der Waals surface area contributed by atoms with Crippen LogP contribution in [0.25, 0.3) is 0 Å². The largest absolute Gasteiger partial charge is 0.367 e. The molecule has 0 amide bonds. The lowest BCUT2D eigenvalue weighted by molar-refractivity contribution is 0.352. The van der Waals surface area contributed by atoms with Gasteiger partial charge in [0.2, 0.25) is 0 Å². The molecule has 3 rings (SSSR count). The summed E-state index contributed by atoms with van der Waals surface area (Å²) in [7, 11) is 0. The van der Waals surface area contributed by atoms with Crippen LogP contribution in [-0.2, 0) is 0 Å². The van der Waals surface area contributed by atoms with Crippen LogP contribution in [0.15, 0.2) is 36.7 Å². The van der Waals surface area contributed by atoms with Crippen LogP contribution in [-0.4, -0.2) is 41.0 Å². The molecule has 2 heterocycles. The minimum Gasteiger partial charge on any atom is -0.367 e. The molecule has 0 saturated carbocycles. The molecule has 1 fully saturated rings. The van der Waals surface area contributed by atoms with Crippen LogP contribution < -0.4 is 5.32 Å². The van der Waals surface area contributed by atoms with E-state index in [2.05, 4.69) is 27.1 Å². The maximum Gasteiger partial charge on any atom is 0.148 e. The Morgan fingerprint density at radius 1 is 1.13 bits per heavy atom. The fourth-order valence-electron chi connectivity index (χ4n) is 3.05. The molecule has 5 heteroatoms. The second kappa shape index (κ2) is 7.51. The quantitative estimate of drug-likeness (QED) is 0.888. The second-order valence-corrected chi connectivity index (χ2v) is 6.04. The molecule has 23 heavy (non-hydrogen) atoms. The van der Waals surface area contributed by atoms with E-state index in [-0.39, 0.29) is 11.7 Å². The first-order valence-corrected chi connectivity index (χ1v) is 8.26. The fraction of sp³-hybridized carbons (Fsp3) is 0.444. The normalized spacial score (nSPS) is 16.4. The predicted octanol–water partition coefficient (Wildman–Crippen LogP) is 3.28. The van der Waals surface area contributed by atoms with E-state index >= 15 is 0 Å². The number of hydrogen-bond donors (Lipinski definition) is 1. The Labute approximate surface area is 136 Å². The molecule has 0 radical (unpaired) electrons. The summed E-state index contributed by atoms with van der Waals surface area (Å²) in [6, 6.07) is 6.59. The van der Waals surface area contributed by atoms with E-state index in [0.717, 1.165) is 30.2 Å². The fourth-order valence-corrected chi connectivity index (χ4v) is 3.05. The van der Waals surface area contributed by atoms with Gasteiger partial charge in [-0.2, -0.15) is 0 Å². The third-order valence-electron chi connectivity index (χ3n) is 4.43. The van der Waals surface area contributed by atoms with Crippen molar-refractivity contribution in [3.05, 3.63) is 53.7 Å². The van der Waals surface area contributed by atoms with E-state index in [4.69, 9.17) is 0 Å². The third-order valence-corrected chi connectivity index (χ3v) is 4.43. The Kier molecular flexibility index (Phi) is 5.18. The number of aromatic nitrogens is 2. The molecule has 1 saturated heterocycles. The lowest BCUT2D eigenvalue weighted by Gasteiger charge is -2.18. The number of anilines is 1. The highest BCUT2D eigenvalue weighted by Gasteiger charge is 2.16. The lowest BCUT2D eigenvalue weighted by Crippen LogP contribution is -2.26. The summed E-state index contributed by atoms with van der Waals surface area (Å²) in [5.74, 6) is 0.672. The first-order chi connectivity index (χ1) is 11.2. The number of nitrogens with zero attached hydrogens (tertiary/aromatic N) is 3. The van der Waals surface area contributed by atoms with Crippen LogP contribution in [0.4, 0.5) is 10.2 Å². The SMILES string of the molecule is C[C@H](c1ccc(F)cc1)c1nccnc1NCCN1CCCC1. The number of halogens is 1. The van der Waals surface area contributed by atoms with Crippen molar-refractivity contribution in [1.29, 1.82) is 0 Å². The Hall–Kier alpha value is -2.01. The lowest BCUT2D eigenvalue weighted by atomic mass is 9.97. The predicted molar refractivity (Wildman–Crippen MR) is 90.1 cm³/mol. The van der Waals surface area contributed by atoms with Crippen LogP contribution in [0, 0.1) is 5.82 Å². The molecular formula is C18H23FN4. The second-order valence-electron chi connectivity index (χ2n) is 6.04. The summed E-state index contributed by atoms with van der Waals surface area (Å²) in [4.78, 5) is 11.4. The van der Waals surface area contributed by atoms with E-state index in [1.807, 2.05) is 12.1 Å². The molecule has 0 unspecified atom stereocenters. The van der Waals surface area contributed by atoms with Crippen molar-refractivity contribution in [2.45, 2.75) is 25.7 Å². The highest BCUT2D eigenvalue weighted by atomic mass is 19.1. The van der Waals surface area contributed by atoms with Gasteiger partial charge < -0.3 is 10.2 Å². The van der Waals surface area contributed by atoms with Gasteiger partial charge in [-0.1, -0.05) is 19.1 Å². The Morgan fingerprint density at radius 2 is 1.83 bits per heavy atom. The molecule has 0 aliphatic carbocycles. The summed E-state index contributed by atoms with van der Waals surface area (Å²) in [6.45, 7) is 6.35. The average molecular weight is 314 g/mol. The zero-order chi connectivity index (χ0) is 16.1. The van der Waals surface area contributed by atoms with Gasteiger partial charge in [-0.3, -0.25) is 4.98 Å². The third kappa shape index (κ3) is 4.05. The van der Waals surface area contributed by atoms with E-state index in [0.29, 0.717) is 0 Å². The van der Waals surface area contributed by atoms with E-state index in [1.165, 1.54) is 38.1 Å². The van der Waals surface area contributed by atoms with Gasteiger partial charge in [0, 0.05) is 31.4 Å². The molecule has 1 N–H and O–H groups in total. The van der Waals surface area contributed by atoms with Crippen LogP contribution in [0.1, 0.15) is 36.9 Å². The number of likely N-dealkylation sites (tertiary alicyclic amines) is 1. The first kappa shape index (κ1) is 15.9. The molecule has 1 atom stereocenters. The number of hydrogen-bond acceptors (Lipinski definition) is 4. The van der Waals surface area contributed by atoms with Crippen molar-refractivity contribution in [3.63, 3.8) is 0 Å². The smallest absolute Gasteiger partial charge is 0.148 e. The maximum absolute atomic E-state index is 13.1. The number of nitrogens with one attached hydrogen (secondary N) is 1. The van der Waals surface area contributed by atoms with Crippen LogP contribution >= 0.6 is 0 Å². The Balaban J connectivity index is 1.67. The topological polar surface area (TPSA) is 41.1 Å². The van der Waals surface area contributed by atoms with Gasteiger partial charge in [0.15, 0.2) is 0 Å². The molecular weight excluding hydrogens is 291 g/mol. The standard InChI is InChI=1S/C18H23FN4/c1-14(15-4-6-16(19)7-5-15)17-18(21-9-8-20-17)22-10-13-23-11-2-3-12-23/h4-9,14H,2-3,10-13H2,1H3,(H,21,22)/t14-/m1/s1. The summed E-state index contributed by atoms with van der Waals surface area (Å²) in [6.07, 6.45) is 6.02. The average Bonchev–Trinajstić information content (AvgIpc) is 3.09. The first-order valence-electron chi connectivity index (χ1n) is 8.26. The molecule has 4 nitrogen and oxygen atoms in total. The minimum absolute atomic E-state index is 0.0681. The highest BCUT2D eigenvalue weighted by Crippen LogP contribution is 2.26. The van der Waals surface area contributed by atoms with Crippen LogP contribution in [0.2, 0.25) is 0 Å². The van der Waals surface area contributed by atoms with Crippen molar-refractivity contribution < 1.29 is 4.39 Å². The van der Waals surface area contributed by atoms with E-state index in [9.17, 15) is 4.39 Å². The minimum atomic E-state index is -0.218. The summed E-state index contributed by atoms with van der Waals surface area (Å²) < 4.78 is 13.1. The van der Waals surface area contributed by atoms with Crippen molar-refractivity contribution >= 4 is 5.82 Å². The molecule has 122 valence electrons. The van der Waals surface area contributed by atoms with Crippen molar-refractivity contribution in [3.8, 4) is 0 Å². The molecule has 1 aromatic carbocycles. The zero-order valence-electron chi connectivity index (χ0n) is 13.5. The number of rotatable bonds is 6. The molecule has 1 aromatic heterocycles. The molecule has 1 aliphatic heterocycles. The Bertz CT molecular complexity index is 623. The van der Waals surface area contributed by atoms with Crippen molar-refractivity contribution in [2.75, 3.05) is 31.5 Å². The maximum atomic E-state index is 13.1. The molecule has 1 aliphatic rings. The highest BCUT2D eigenvalue weighted by molar-refractivity contribution is 5.45. The van der Waals surface area contributed by atoms with Crippen LogP contribution in [0.3, 0.4) is 0 Å². The summed E-state index contributed by atoms with van der Waals surface area (Å²) >= 11 is 0. The zero-order valence-corrected chi connectivity index (χ0v) is 13.5.